The summed E-state index contributed by atoms with van der Waals surface area (Å²) in [5, 5.41) is 10.6. The highest BCUT2D eigenvalue weighted by Gasteiger charge is 2.40. The molecule has 18 heavy (non-hydrogen) atoms. The van der Waals surface area contributed by atoms with Gasteiger partial charge < -0.3 is 10.2 Å². The molecule has 98 valence electrons. The van der Waals surface area contributed by atoms with Crippen LogP contribution in [-0.2, 0) is 9.59 Å². The minimum Gasteiger partial charge on any atom is -0.337 e. The van der Waals surface area contributed by atoms with Gasteiger partial charge in [-0.1, -0.05) is 6.42 Å². The lowest BCUT2D eigenvalue weighted by atomic mass is 9.88. The maximum atomic E-state index is 11.7. The van der Waals surface area contributed by atoms with E-state index in [1.165, 1.54) is 30.6 Å². The molecular formula is C13H19N3O2. The lowest BCUT2D eigenvalue weighted by Gasteiger charge is -2.26. The molecule has 2 rings (SSSR count). The zero-order valence-electron chi connectivity index (χ0n) is 10.7. The summed E-state index contributed by atoms with van der Waals surface area (Å²) in [5.41, 5.74) is 0. The maximum absolute atomic E-state index is 11.7. The van der Waals surface area contributed by atoms with Crippen molar-refractivity contribution in [1.29, 1.82) is 5.26 Å². The number of nitriles is 1. The first-order chi connectivity index (χ1) is 8.61. The zero-order valence-corrected chi connectivity index (χ0v) is 10.7. The normalized spacial score (nSPS) is 28.8. The van der Waals surface area contributed by atoms with Crippen molar-refractivity contribution >= 4 is 11.8 Å². The van der Waals surface area contributed by atoms with E-state index in [2.05, 4.69) is 5.32 Å². The summed E-state index contributed by atoms with van der Waals surface area (Å²) in [5.74, 6) is 0.931. The van der Waals surface area contributed by atoms with Crippen LogP contribution in [0.3, 0.4) is 0 Å². The summed E-state index contributed by atoms with van der Waals surface area (Å²) in [4.78, 5) is 24.7. The van der Waals surface area contributed by atoms with E-state index in [9.17, 15) is 9.59 Å². The van der Waals surface area contributed by atoms with E-state index in [0.717, 1.165) is 11.8 Å². The van der Waals surface area contributed by atoms with Crippen LogP contribution in [-0.4, -0.2) is 36.9 Å². The van der Waals surface area contributed by atoms with Gasteiger partial charge in [-0.2, -0.15) is 5.26 Å². The van der Waals surface area contributed by atoms with E-state index in [1.807, 2.05) is 0 Å². The van der Waals surface area contributed by atoms with Crippen molar-refractivity contribution in [3.05, 3.63) is 0 Å². The van der Waals surface area contributed by atoms with E-state index in [4.69, 9.17) is 5.26 Å². The summed E-state index contributed by atoms with van der Waals surface area (Å²) in [7, 11) is 1.67. The van der Waals surface area contributed by atoms with Crippen LogP contribution in [0.2, 0.25) is 0 Å². The predicted molar refractivity (Wildman–Crippen MR) is 65.2 cm³/mol. The number of hydrogen-bond donors (Lipinski definition) is 1. The van der Waals surface area contributed by atoms with E-state index in [-0.39, 0.29) is 6.54 Å². The van der Waals surface area contributed by atoms with Crippen molar-refractivity contribution < 1.29 is 9.59 Å². The van der Waals surface area contributed by atoms with Crippen LogP contribution in [0.1, 0.15) is 25.7 Å². The summed E-state index contributed by atoms with van der Waals surface area (Å²) in [6, 6.07) is 1.78. The summed E-state index contributed by atoms with van der Waals surface area (Å²) < 4.78 is 0. The number of nitrogens with zero attached hydrogens (tertiary/aromatic N) is 2. The average Bonchev–Trinajstić information content (AvgIpc) is 2.97. The van der Waals surface area contributed by atoms with Gasteiger partial charge in [0.2, 0.25) is 0 Å². The second kappa shape index (κ2) is 5.38. The fourth-order valence-corrected chi connectivity index (χ4v) is 3.40. The van der Waals surface area contributed by atoms with Gasteiger partial charge >= 0.3 is 11.8 Å². The second-order valence-corrected chi connectivity index (χ2v) is 5.46. The van der Waals surface area contributed by atoms with Crippen molar-refractivity contribution in [3.63, 3.8) is 0 Å². The third-order valence-electron chi connectivity index (χ3n) is 4.26. The number of hydrogen-bond acceptors (Lipinski definition) is 3. The SMILES string of the molecule is CN(CC1CC2CCC1C2)C(=O)C(=O)NCC#N. The van der Waals surface area contributed by atoms with Crippen molar-refractivity contribution in [1.82, 2.24) is 10.2 Å². The molecule has 0 aromatic rings. The first-order valence-electron chi connectivity index (χ1n) is 6.52. The Kier molecular flexibility index (Phi) is 3.85. The average molecular weight is 249 g/mol. The van der Waals surface area contributed by atoms with Crippen molar-refractivity contribution in [2.24, 2.45) is 17.8 Å². The monoisotopic (exact) mass is 249 g/mol. The summed E-state index contributed by atoms with van der Waals surface area (Å²) in [6.45, 7) is 0.548. The molecule has 0 heterocycles. The fourth-order valence-electron chi connectivity index (χ4n) is 3.40. The number of nitrogens with one attached hydrogen (secondary N) is 1. The Labute approximate surface area is 107 Å². The Hall–Kier alpha value is -1.57. The van der Waals surface area contributed by atoms with Gasteiger partial charge in [-0.25, -0.2) is 0 Å². The Balaban J connectivity index is 1.81. The number of fused-ring (bicyclic) bond motifs is 2. The van der Waals surface area contributed by atoms with Gasteiger partial charge in [-0.05, 0) is 37.0 Å². The van der Waals surface area contributed by atoms with Gasteiger partial charge in [0.1, 0.15) is 6.54 Å². The molecule has 0 aromatic heterocycles. The second-order valence-electron chi connectivity index (χ2n) is 5.46. The van der Waals surface area contributed by atoms with Crippen LogP contribution in [0, 0.1) is 29.1 Å². The molecule has 0 radical (unpaired) electrons. The fraction of sp³-hybridized carbons (Fsp3) is 0.769. The van der Waals surface area contributed by atoms with Gasteiger partial charge in [-0.15, -0.1) is 0 Å². The smallest absolute Gasteiger partial charge is 0.311 e. The lowest BCUT2D eigenvalue weighted by Crippen LogP contribution is -2.43. The first-order valence-corrected chi connectivity index (χ1v) is 6.52. The molecule has 3 atom stereocenters. The molecule has 5 heteroatoms. The van der Waals surface area contributed by atoms with Crippen molar-refractivity contribution in [2.75, 3.05) is 20.1 Å². The first kappa shape index (κ1) is 12.9. The number of likely N-dealkylation sites (N-methyl/N-ethyl adjacent to an activating group) is 1. The predicted octanol–water partition coefficient (Wildman–Crippen LogP) is 0.521. The van der Waals surface area contributed by atoms with Crippen LogP contribution in [0.5, 0.6) is 0 Å². The van der Waals surface area contributed by atoms with E-state index in [1.54, 1.807) is 13.1 Å². The van der Waals surface area contributed by atoms with Gasteiger partial charge in [0.15, 0.2) is 0 Å². The number of rotatable bonds is 3. The lowest BCUT2D eigenvalue weighted by molar-refractivity contribution is -0.145. The molecule has 2 fully saturated rings. The largest absolute Gasteiger partial charge is 0.337 e. The number of carbonyl (C=O) groups excluding carboxylic acids is 2. The minimum atomic E-state index is -0.679. The molecule has 0 aromatic carbocycles. The van der Waals surface area contributed by atoms with Gasteiger partial charge in [-0.3, -0.25) is 9.59 Å². The summed E-state index contributed by atoms with van der Waals surface area (Å²) >= 11 is 0. The third-order valence-corrected chi connectivity index (χ3v) is 4.26. The topological polar surface area (TPSA) is 73.2 Å². The molecule has 2 amide bonds. The highest BCUT2D eigenvalue weighted by Crippen LogP contribution is 2.48. The standard InChI is InChI=1S/C13H19N3O2/c1-16(13(18)12(17)15-5-4-14)8-11-7-9-2-3-10(11)6-9/h9-11H,2-3,5-8H2,1H3,(H,15,17). The van der Waals surface area contributed by atoms with Gasteiger partial charge in [0, 0.05) is 13.6 Å². The molecule has 5 nitrogen and oxygen atoms in total. The molecule has 1 N–H and O–H groups in total. The molecule has 0 aliphatic heterocycles. The molecule has 2 saturated carbocycles. The molecule has 2 aliphatic carbocycles. The van der Waals surface area contributed by atoms with Crippen LogP contribution >= 0.6 is 0 Å². The maximum Gasteiger partial charge on any atom is 0.311 e. The van der Waals surface area contributed by atoms with Crippen LogP contribution < -0.4 is 5.32 Å². The van der Waals surface area contributed by atoms with Crippen LogP contribution in [0.4, 0.5) is 0 Å². The van der Waals surface area contributed by atoms with E-state index < -0.39 is 11.8 Å². The van der Waals surface area contributed by atoms with Gasteiger partial charge in [0.05, 0.1) is 6.07 Å². The Morgan fingerprint density at radius 1 is 1.39 bits per heavy atom. The highest BCUT2D eigenvalue weighted by atomic mass is 16.2. The van der Waals surface area contributed by atoms with Crippen LogP contribution in [0.15, 0.2) is 0 Å². The minimum absolute atomic E-state index is 0.119. The number of amides is 2. The zero-order chi connectivity index (χ0) is 13.1. The molecule has 3 unspecified atom stereocenters. The summed E-state index contributed by atoms with van der Waals surface area (Å²) in [6.07, 6.45) is 5.11. The molecule has 0 saturated heterocycles. The molecule has 2 aliphatic rings. The Bertz CT molecular complexity index is 388. The van der Waals surface area contributed by atoms with Crippen molar-refractivity contribution in [3.8, 4) is 6.07 Å². The highest BCUT2D eigenvalue weighted by molar-refractivity contribution is 6.34. The quantitative estimate of drug-likeness (QED) is 0.585. The molecule has 2 bridgehead atoms. The van der Waals surface area contributed by atoms with Crippen LogP contribution in [0.25, 0.3) is 0 Å². The Morgan fingerprint density at radius 3 is 2.72 bits per heavy atom. The number of carbonyl (C=O) groups is 2. The van der Waals surface area contributed by atoms with E-state index >= 15 is 0 Å². The van der Waals surface area contributed by atoms with E-state index in [0.29, 0.717) is 12.5 Å². The molecular weight excluding hydrogens is 230 g/mol. The van der Waals surface area contributed by atoms with Crippen molar-refractivity contribution in [2.45, 2.75) is 25.7 Å². The third kappa shape index (κ3) is 2.63. The Morgan fingerprint density at radius 2 is 2.17 bits per heavy atom. The van der Waals surface area contributed by atoms with Gasteiger partial charge in [0.25, 0.3) is 0 Å². The molecule has 0 spiro atoms.